The van der Waals surface area contributed by atoms with E-state index in [2.05, 4.69) is 46.6 Å². The zero-order valence-electron chi connectivity index (χ0n) is 34.6. The molecule has 0 spiro atoms. The fourth-order valence-electron chi connectivity index (χ4n) is 6.90. The summed E-state index contributed by atoms with van der Waals surface area (Å²) in [7, 11) is 0. The number of H-pyrrole nitrogens is 3. The second-order valence-electron chi connectivity index (χ2n) is 15.5. The predicted octanol–water partition coefficient (Wildman–Crippen LogP) is 0.884. The minimum absolute atomic E-state index is 0.00411. The van der Waals surface area contributed by atoms with Crippen LogP contribution in [0, 0.1) is 5.92 Å². The summed E-state index contributed by atoms with van der Waals surface area (Å²) in [5, 5.41) is 13.5. The van der Waals surface area contributed by atoms with Crippen molar-refractivity contribution >= 4 is 57.4 Å². The van der Waals surface area contributed by atoms with Crippen molar-refractivity contribution in [1.29, 1.82) is 0 Å². The number of imidazole rings is 1. The SMILES string of the molecule is CC(C)CN(NC(=O)[C@@H](Cc1c[nH]c2ccccc12)NC(=O)C(N)Cc1cnc[nH]1)C(=O)N[C@@H](Cc1c[nH]c2ccccc12)C(=O)N[C@H](C)C(=O)N[C@@H](CCCCN)C(N)=O. The second-order valence-corrected chi connectivity index (χ2v) is 15.5. The molecule has 0 saturated heterocycles. The lowest BCUT2D eigenvalue weighted by Crippen LogP contribution is -2.61. The topological polar surface area (TPSA) is 304 Å². The Kier molecular flexibility index (Phi) is 16.0. The molecule has 0 aliphatic rings. The molecule has 19 heteroatoms. The van der Waals surface area contributed by atoms with Crippen molar-refractivity contribution in [3.8, 4) is 0 Å². The van der Waals surface area contributed by atoms with Gasteiger partial charge in [-0.25, -0.2) is 14.8 Å². The average Bonchev–Trinajstić information content (AvgIpc) is 4.00. The molecule has 0 aliphatic carbocycles. The number of fused-ring (bicyclic) bond motifs is 2. The van der Waals surface area contributed by atoms with Crippen LogP contribution in [-0.4, -0.2) is 104 Å². The van der Waals surface area contributed by atoms with Crippen LogP contribution >= 0.6 is 0 Å². The smallest absolute Gasteiger partial charge is 0.336 e. The summed E-state index contributed by atoms with van der Waals surface area (Å²) in [6.45, 7) is 5.57. The summed E-state index contributed by atoms with van der Waals surface area (Å²) >= 11 is 0. The maximum absolute atomic E-state index is 14.3. The number of carbonyl (C=O) groups excluding carboxylic acids is 6. The van der Waals surface area contributed by atoms with Gasteiger partial charge in [0.2, 0.25) is 23.6 Å². The largest absolute Gasteiger partial charge is 0.368 e. The number of unbranched alkanes of at least 4 members (excludes halogenated alkanes) is 1. The van der Waals surface area contributed by atoms with E-state index in [0.29, 0.717) is 30.6 Å². The summed E-state index contributed by atoms with van der Waals surface area (Å²) in [5.74, 6) is -3.54. The predicted molar refractivity (Wildman–Crippen MR) is 230 cm³/mol. The van der Waals surface area contributed by atoms with Crippen LogP contribution in [0.15, 0.2) is 73.4 Å². The monoisotopic (exact) mass is 839 g/mol. The van der Waals surface area contributed by atoms with E-state index in [0.717, 1.165) is 32.4 Å². The average molecular weight is 840 g/mol. The molecule has 3 aromatic heterocycles. The maximum Gasteiger partial charge on any atom is 0.336 e. The molecular formula is C42H57N13O6. The van der Waals surface area contributed by atoms with E-state index in [1.54, 1.807) is 18.6 Å². The first-order valence-electron chi connectivity index (χ1n) is 20.4. The molecule has 0 radical (unpaired) electrons. The molecule has 326 valence electrons. The minimum Gasteiger partial charge on any atom is -0.368 e. The van der Waals surface area contributed by atoms with Crippen molar-refractivity contribution < 1.29 is 28.8 Å². The number of nitrogens with two attached hydrogens (primary N) is 3. The van der Waals surface area contributed by atoms with Crippen LogP contribution in [0.1, 0.15) is 56.9 Å². The van der Waals surface area contributed by atoms with Crippen molar-refractivity contribution in [3.63, 3.8) is 0 Å². The van der Waals surface area contributed by atoms with Crippen molar-refractivity contribution in [2.45, 2.75) is 89.5 Å². The highest BCUT2D eigenvalue weighted by molar-refractivity contribution is 5.95. The Balaban J connectivity index is 1.37. The fraction of sp³-hybridized carbons (Fsp3) is 0.405. The number of para-hydroxylation sites is 2. The highest BCUT2D eigenvalue weighted by atomic mass is 16.2. The highest BCUT2D eigenvalue weighted by Crippen LogP contribution is 2.21. The summed E-state index contributed by atoms with van der Waals surface area (Å²) in [6, 6.07) is 8.57. The van der Waals surface area contributed by atoms with Crippen molar-refractivity contribution in [1.82, 2.24) is 51.6 Å². The van der Waals surface area contributed by atoms with E-state index in [1.165, 1.54) is 13.3 Å². The Morgan fingerprint density at radius 1 is 0.705 bits per heavy atom. The van der Waals surface area contributed by atoms with E-state index < -0.39 is 65.8 Å². The van der Waals surface area contributed by atoms with Crippen molar-refractivity contribution in [3.05, 3.63) is 90.3 Å². The molecule has 3 heterocycles. The molecule has 1 unspecified atom stereocenters. The van der Waals surface area contributed by atoms with Gasteiger partial charge < -0.3 is 53.4 Å². The second kappa shape index (κ2) is 21.5. The van der Waals surface area contributed by atoms with Crippen molar-refractivity contribution in [2.24, 2.45) is 23.1 Å². The molecule has 14 N–H and O–H groups in total. The summed E-state index contributed by atoms with van der Waals surface area (Å²) in [5.41, 5.74) is 23.8. The molecule has 19 nitrogen and oxygen atoms in total. The molecular weight excluding hydrogens is 783 g/mol. The standard InChI is InChI=1S/C42H57N13O6/c1-24(2)22-55(54-41(60)36(17-27-20-48-33-13-7-5-11-30(27)33)52-39(58)31(44)18-28-21-46-23-49-28)42(61)53-35(16-26-19-47-32-12-6-4-10-29(26)32)40(59)50-25(3)38(57)51-34(37(45)56)14-8-9-15-43/h4-7,10-13,19-21,23-25,31,34-36,47-48H,8-9,14-18,22,43-44H2,1-3H3,(H2,45,56)(H,46,49)(H,50,59)(H,51,57)(H,52,58)(H,53,61)(H,54,60)/t25-,31?,34+,35+,36-/m1/s1. The van der Waals surface area contributed by atoms with Crippen LogP contribution in [0.4, 0.5) is 4.79 Å². The van der Waals surface area contributed by atoms with E-state index in [9.17, 15) is 28.8 Å². The van der Waals surface area contributed by atoms with E-state index in [4.69, 9.17) is 17.2 Å². The molecule has 7 amide bonds. The number of carbonyl (C=O) groups is 6. The van der Waals surface area contributed by atoms with Gasteiger partial charge in [-0.3, -0.25) is 29.4 Å². The van der Waals surface area contributed by atoms with Gasteiger partial charge in [0, 0.05) is 71.9 Å². The molecule has 0 aliphatic heterocycles. The van der Waals surface area contributed by atoms with Gasteiger partial charge in [-0.05, 0) is 61.9 Å². The van der Waals surface area contributed by atoms with E-state index in [-0.39, 0.29) is 38.1 Å². The highest BCUT2D eigenvalue weighted by Gasteiger charge is 2.32. The van der Waals surface area contributed by atoms with E-state index in [1.807, 2.05) is 62.4 Å². The Bertz CT molecular complexity index is 2270. The lowest BCUT2D eigenvalue weighted by molar-refractivity contribution is -0.132. The van der Waals surface area contributed by atoms with E-state index >= 15 is 0 Å². The Morgan fingerprint density at radius 3 is 1.85 bits per heavy atom. The van der Waals surface area contributed by atoms with Crippen molar-refractivity contribution in [2.75, 3.05) is 13.1 Å². The fourth-order valence-corrected chi connectivity index (χ4v) is 6.90. The number of aromatic amines is 3. The van der Waals surface area contributed by atoms with Gasteiger partial charge in [0.25, 0.3) is 5.91 Å². The van der Waals surface area contributed by atoms with Gasteiger partial charge in [-0.1, -0.05) is 50.2 Å². The van der Waals surface area contributed by atoms with Gasteiger partial charge in [0.15, 0.2) is 0 Å². The third-order valence-corrected chi connectivity index (χ3v) is 10.2. The number of nitrogens with zero attached hydrogens (tertiary/aromatic N) is 2. The third kappa shape index (κ3) is 12.6. The summed E-state index contributed by atoms with van der Waals surface area (Å²) in [6.07, 6.45) is 8.16. The van der Waals surface area contributed by atoms with Crippen LogP contribution in [0.3, 0.4) is 0 Å². The maximum atomic E-state index is 14.3. The number of nitrogens with one attached hydrogen (secondary N) is 8. The number of hydrogen-bond acceptors (Lipinski definition) is 9. The summed E-state index contributed by atoms with van der Waals surface area (Å²) in [4.78, 5) is 94.6. The first-order valence-corrected chi connectivity index (χ1v) is 20.4. The van der Waals surface area contributed by atoms with Gasteiger partial charge in [-0.15, -0.1) is 0 Å². The molecule has 5 aromatic rings. The lowest BCUT2D eigenvalue weighted by atomic mass is 10.0. The molecule has 5 rings (SSSR count). The molecule has 0 bridgehead atoms. The molecule has 5 atom stereocenters. The van der Waals surface area contributed by atoms with Gasteiger partial charge in [-0.2, -0.15) is 0 Å². The Hall–Kier alpha value is -6.73. The van der Waals surface area contributed by atoms with Gasteiger partial charge >= 0.3 is 6.03 Å². The Labute approximate surface area is 353 Å². The normalized spacial score (nSPS) is 13.8. The van der Waals surface area contributed by atoms with Gasteiger partial charge in [0.1, 0.15) is 24.2 Å². The summed E-state index contributed by atoms with van der Waals surface area (Å²) < 4.78 is 0. The molecule has 61 heavy (non-hydrogen) atoms. The number of hydrogen-bond donors (Lipinski definition) is 11. The zero-order chi connectivity index (χ0) is 44.1. The number of hydrazine groups is 1. The number of amides is 7. The first-order chi connectivity index (χ1) is 29.2. The lowest BCUT2D eigenvalue weighted by Gasteiger charge is -2.30. The molecule has 2 aromatic carbocycles. The van der Waals surface area contributed by atoms with Crippen LogP contribution in [0.2, 0.25) is 0 Å². The quantitative estimate of drug-likeness (QED) is 0.0369. The number of rotatable bonds is 21. The first kappa shape index (κ1) is 45.4. The van der Waals surface area contributed by atoms with Crippen LogP contribution in [-0.2, 0) is 43.2 Å². The van der Waals surface area contributed by atoms with Crippen LogP contribution in [0.5, 0.6) is 0 Å². The van der Waals surface area contributed by atoms with Gasteiger partial charge in [0.05, 0.1) is 12.4 Å². The molecule has 0 saturated carbocycles. The number of urea groups is 1. The molecule has 0 fully saturated rings. The number of benzene rings is 2. The van der Waals surface area contributed by atoms with Crippen LogP contribution < -0.4 is 43.9 Å². The van der Waals surface area contributed by atoms with Crippen LogP contribution in [0.25, 0.3) is 21.8 Å². The number of aromatic nitrogens is 4. The third-order valence-electron chi connectivity index (χ3n) is 10.2. The zero-order valence-corrected chi connectivity index (χ0v) is 34.6. The Morgan fingerprint density at radius 2 is 1.30 bits per heavy atom. The number of primary amides is 1. The minimum atomic E-state index is -1.26.